The molecule has 3 atom stereocenters. The molecule has 4 rings (SSSR count). The molecule has 5 heteroatoms. The van der Waals surface area contributed by atoms with Crippen molar-refractivity contribution in [1.29, 1.82) is 0 Å². The van der Waals surface area contributed by atoms with Gasteiger partial charge in [-0.25, -0.2) is 0 Å². The fraction of sp³-hybridized carbons (Fsp3) is 0.458. The summed E-state index contributed by atoms with van der Waals surface area (Å²) in [5, 5.41) is 1.01. The van der Waals surface area contributed by atoms with Gasteiger partial charge in [-0.15, -0.1) is 0 Å². The molecule has 0 aromatic heterocycles. The van der Waals surface area contributed by atoms with Crippen LogP contribution in [0.3, 0.4) is 0 Å². The number of carbonyl (C=O) groups excluding carboxylic acids is 1. The van der Waals surface area contributed by atoms with Crippen LogP contribution >= 0.6 is 23.2 Å². The standard InChI is InChI=1S/C24H28Cl2N2O/c1-16-17(2)28(24(29)14-18-9-10-21(25)22(26)13-18)23(15-27-11-5-6-12-27)20-8-4-3-7-19(16)20/h3-4,7-10,13,16-17,23H,5-6,11-12,14-15H2,1-2H3/t16-,17-,23-/m0/s1. The maximum absolute atomic E-state index is 13.5. The van der Waals surface area contributed by atoms with E-state index in [0.29, 0.717) is 22.4 Å². The second-order valence-electron chi connectivity index (χ2n) is 8.41. The molecular formula is C24H28Cl2N2O. The Bertz CT molecular complexity index is 894. The lowest BCUT2D eigenvalue weighted by Crippen LogP contribution is -2.51. The summed E-state index contributed by atoms with van der Waals surface area (Å²) in [4.78, 5) is 18.2. The minimum absolute atomic E-state index is 0.0887. The van der Waals surface area contributed by atoms with Gasteiger partial charge in [0.1, 0.15) is 0 Å². The van der Waals surface area contributed by atoms with Gasteiger partial charge >= 0.3 is 0 Å². The Morgan fingerprint density at radius 3 is 2.38 bits per heavy atom. The van der Waals surface area contributed by atoms with Gasteiger partial charge in [-0.1, -0.05) is 60.5 Å². The van der Waals surface area contributed by atoms with E-state index in [1.165, 1.54) is 24.0 Å². The molecule has 29 heavy (non-hydrogen) atoms. The second-order valence-corrected chi connectivity index (χ2v) is 9.22. The van der Waals surface area contributed by atoms with Crippen LogP contribution in [0, 0.1) is 0 Å². The van der Waals surface area contributed by atoms with Crippen molar-refractivity contribution < 1.29 is 4.79 Å². The summed E-state index contributed by atoms with van der Waals surface area (Å²) >= 11 is 12.2. The third-order valence-corrected chi connectivity index (χ3v) is 7.34. The summed E-state index contributed by atoms with van der Waals surface area (Å²) in [6.45, 7) is 7.56. The van der Waals surface area contributed by atoms with Crippen LogP contribution in [0.4, 0.5) is 0 Å². The molecule has 2 aromatic carbocycles. The summed E-state index contributed by atoms with van der Waals surface area (Å²) in [6, 6.07) is 14.4. The third kappa shape index (κ3) is 4.19. The number of nitrogens with zero attached hydrogens (tertiary/aromatic N) is 2. The van der Waals surface area contributed by atoms with Gasteiger partial charge in [-0.2, -0.15) is 0 Å². The summed E-state index contributed by atoms with van der Waals surface area (Å²) in [7, 11) is 0. The molecule has 2 heterocycles. The summed E-state index contributed by atoms with van der Waals surface area (Å²) in [5.41, 5.74) is 3.58. The van der Waals surface area contributed by atoms with Crippen LogP contribution in [0.15, 0.2) is 42.5 Å². The topological polar surface area (TPSA) is 23.6 Å². The summed E-state index contributed by atoms with van der Waals surface area (Å²) < 4.78 is 0. The molecule has 1 saturated heterocycles. The summed E-state index contributed by atoms with van der Waals surface area (Å²) in [6.07, 6.45) is 2.84. The molecule has 2 aromatic rings. The van der Waals surface area contributed by atoms with Crippen molar-refractivity contribution in [2.24, 2.45) is 0 Å². The van der Waals surface area contributed by atoms with Crippen LogP contribution in [-0.2, 0) is 11.2 Å². The van der Waals surface area contributed by atoms with E-state index in [-0.39, 0.29) is 18.0 Å². The highest BCUT2D eigenvalue weighted by molar-refractivity contribution is 6.42. The van der Waals surface area contributed by atoms with E-state index in [4.69, 9.17) is 23.2 Å². The van der Waals surface area contributed by atoms with Crippen LogP contribution in [0.5, 0.6) is 0 Å². The van der Waals surface area contributed by atoms with Gasteiger partial charge in [0, 0.05) is 18.5 Å². The first kappa shape index (κ1) is 20.7. The van der Waals surface area contributed by atoms with Crippen LogP contribution in [0.1, 0.15) is 55.3 Å². The van der Waals surface area contributed by atoms with Crippen molar-refractivity contribution >= 4 is 29.1 Å². The third-order valence-electron chi connectivity index (χ3n) is 6.60. The number of benzene rings is 2. The molecule has 0 aliphatic carbocycles. The molecular weight excluding hydrogens is 403 g/mol. The van der Waals surface area contributed by atoms with Crippen molar-refractivity contribution in [2.45, 2.75) is 51.1 Å². The number of hydrogen-bond acceptors (Lipinski definition) is 2. The minimum Gasteiger partial charge on any atom is -0.331 e. The number of halogens is 2. The molecule has 1 fully saturated rings. The second kappa shape index (κ2) is 8.67. The van der Waals surface area contributed by atoms with Crippen molar-refractivity contribution in [3.05, 3.63) is 69.2 Å². The highest BCUT2D eigenvalue weighted by Gasteiger charge is 2.39. The predicted octanol–water partition coefficient (Wildman–Crippen LogP) is 5.71. The highest BCUT2D eigenvalue weighted by atomic mass is 35.5. The van der Waals surface area contributed by atoms with E-state index < -0.39 is 0 Å². The zero-order valence-electron chi connectivity index (χ0n) is 17.1. The first-order chi connectivity index (χ1) is 14.0. The zero-order chi connectivity index (χ0) is 20.5. The van der Waals surface area contributed by atoms with Gasteiger partial charge in [0.05, 0.1) is 22.5 Å². The predicted molar refractivity (Wildman–Crippen MR) is 120 cm³/mol. The largest absolute Gasteiger partial charge is 0.331 e. The average Bonchev–Trinajstić information content (AvgIpc) is 3.22. The molecule has 0 bridgehead atoms. The van der Waals surface area contributed by atoms with Crippen molar-refractivity contribution in [3.8, 4) is 0 Å². The Hall–Kier alpha value is -1.55. The first-order valence-electron chi connectivity index (χ1n) is 10.5. The number of hydrogen-bond donors (Lipinski definition) is 0. The van der Waals surface area contributed by atoms with E-state index >= 15 is 0 Å². The highest BCUT2D eigenvalue weighted by Crippen LogP contribution is 2.41. The fourth-order valence-electron chi connectivity index (χ4n) is 4.88. The van der Waals surface area contributed by atoms with Crippen molar-refractivity contribution in [3.63, 3.8) is 0 Å². The summed E-state index contributed by atoms with van der Waals surface area (Å²) in [5.74, 6) is 0.459. The average molecular weight is 431 g/mol. The van der Waals surface area contributed by atoms with Crippen LogP contribution in [0.2, 0.25) is 10.0 Å². The number of carbonyl (C=O) groups is 1. The van der Waals surface area contributed by atoms with Crippen molar-refractivity contribution in [2.75, 3.05) is 19.6 Å². The van der Waals surface area contributed by atoms with Gasteiger partial charge in [0.15, 0.2) is 0 Å². The molecule has 0 unspecified atom stereocenters. The number of rotatable bonds is 4. The smallest absolute Gasteiger partial charge is 0.227 e. The number of amides is 1. The molecule has 2 aliphatic rings. The lowest BCUT2D eigenvalue weighted by Gasteiger charge is -2.46. The van der Waals surface area contributed by atoms with E-state index in [1.54, 1.807) is 6.07 Å². The molecule has 0 N–H and O–H groups in total. The molecule has 0 spiro atoms. The Labute approximate surface area is 183 Å². The Morgan fingerprint density at radius 2 is 1.69 bits per heavy atom. The monoisotopic (exact) mass is 430 g/mol. The van der Waals surface area contributed by atoms with Gasteiger partial charge < -0.3 is 9.80 Å². The minimum atomic E-state index is 0.0887. The van der Waals surface area contributed by atoms with Crippen LogP contribution in [-0.4, -0.2) is 41.4 Å². The molecule has 3 nitrogen and oxygen atoms in total. The normalized spacial score (nSPS) is 24.6. The number of fused-ring (bicyclic) bond motifs is 1. The van der Waals surface area contributed by atoms with Gasteiger partial charge in [-0.3, -0.25) is 4.79 Å². The SMILES string of the molecule is C[C@@H]1c2ccccc2[C@H](CN2CCCC2)N(C(=O)Cc2ccc(Cl)c(Cl)c2)[C@H]1C. The maximum Gasteiger partial charge on any atom is 0.227 e. The number of likely N-dealkylation sites (tertiary alicyclic amines) is 1. The quantitative estimate of drug-likeness (QED) is 0.619. The first-order valence-corrected chi connectivity index (χ1v) is 11.3. The van der Waals surface area contributed by atoms with E-state index in [1.807, 2.05) is 12.1 Å². The lowest BCUT2D eigenvalue weighted by atomic mass is 9.81. The van der Waals surface area contributed by atoms with E-state index in [2.05, 4.69) is 47.9 Å². The van der Waals surface area contributed by atoms with Crippen LogP contribution < -0.4 is 0 Å². The molecule has 0 radical (unpaired) electrons. The Morgan fingerprint density at radius 1 is 1.00 bits per heavy atom. The maximum atomic E-state index is 13.5. The Kier molecular flexibility index (Phi) is 6.19. The lowest BCUT2D eigenvalue weighted by molar-refractivity contribution is -0.137. The van der Waals surface area contributed by atoms with Gasteiger partial charge in [0.25, 0.3) is 0 Å². The van der Waals surface area contributed by atoms with Gasteiger partial charge in [0.2, 0.25) is 5.91 Å². The molecule has 0 saturated carbocycles. The molecule has 154 valence electrons. The van der Waals surface area contributed by atoms with E-state index in [0.717, 1.165) is 25.2 Å². The van der Waals surface area contributed by atoms with Crippen LogP contribution in [0.25, 0.3) is 0 Å². The molecule has 1 amide bonds. The Balaban J connectivity index is 1.66. The fourth-order valence-corrected chi connectivity index (χ4v) is 5.20. The molecule has 2 aliphatic heterocycles. The van der Waals surface area contributed by atoms with E-state index in [9.17, 15) is 4.79 Å². The zero-order valence-corrected chi connectivity index (χ0v) is 18.6. The van der Waals surface area contributed by atoms with Crippen molar-refractivity contribution in [1.82, 2.24) is 9.80 Å². The van der Waals surface area contributed by atoms with Gasteiger partial charge in [-0.05, 0) is 61.7 Å².